The summed E-state index contributed by atoms with van der Waals surface area (Å²) in [5.74, 6) is 0. The normalized spacial score (nSPS) is 18.8. The highest BCUT2D eigenvalue weighted by molar-refractivity contribution is 7.81. The molecule has 0 amide bonds. The maximum absolute atomic E-state index is 10.4. The Morgan fingerprint density at radius 3 is 1.58 bits per heavy atom. The van der Waals surface area contributed by atoms with Gasteiger partial charge in [0, 0.05) is 10.5 Å². The lowest BCUT2D eigenvalue weighted by Gasteiger charge is -2.23. The first kappa shape index (κ1) is 24.5. The lowest BCUT2D eigenvalue weighted by Crippen LogP contribution is -2.20. The summed E-state index contributed by atoms with van der Waals surface area (Å²) in [4.78, 5) is 0. The molecule has 0 aliphatic heterocycles. The number of alkyl halides is 2. The van der Waals surface area contributed by atoms with Crippen LogP contribution >= 0.6 is 48.5 Å². The molecule has 150 valence electrons. The van der Waals surface area contributed by atoms with Crippen LogP contribution in [0.4, 0.5) is 0 Å². The minimum absolute atomic E-state index is 0.132. The number of hydrogen-bond acceptors (Lipinski definition) is 4. The van der Waals surface area contributed by atoms with Crippen molar-refractivity contribution in [2.24, 2.45) is 0 Å². The predicted octanol–water partition coefficient (Wildman–Crippen LogP) is 5.95. The monoisotopic (exact) mass is 438 g/mol. The molecule has 0 spiro atoms. The minimum Gasteiger partial charge on any atom is -0.391 e. The Hall–Kier alpha value is 0.420. The molecule has 26 heavy (non-hydrogen) atoms. The number of benzene rings is 1. The van der Waals surface area contributed by atoms with Crippen LogP contribution < -0.4 is 0 Å². The van der Waals surface area contributed by atoms with Crippen LogP contribution in [0.25, 0.3) is 0 Å². The Kier molecular flexibility index (Phi) is 12.0. The topological polar surface area (TPSA) is 40.5 Å². The molecule has 6 unspecified atom stereocenters. The summed E-state index contributed by atoms with van der Waals surface area (Å²) in [6, 6.07) is 7.50. The summed E-state index contributed by atoms with van der Waals surface area (Å²) in [7, 11) is 0. The molecule has 0 saturated carbocycles. The zero-order valence-electron chi connectivity index (χ0n) is 15.6. The van der Waals surface area contributed by atoms with Gasteiger partial charge in [-0.25, -0.2) is 0 Å². The molecular formula is C20H32Cl2O2S2. The number of halogens is 2. The van der Waals surface area contributed by atoms with Crippen molar-refractivity contribution in [3.05, 3.63) is 35.4 Å². The third-order valence-electron chi connectivity index (χ3n) is 4.49. The molecule has 0 aromatic heterocycles. The highest BCUT2D eigenvalue weighted by atomic mass is 35.5. The first-order valence-electron chi connectivity index (χ1n) is 9.40. The van der Waals surface area contributed by atoms with Crippen molar-refractivity contribution in [1.29, 1.82) is 0 Å². The summed E-state index contributed by atoms with van der Waals surface area (Å²) in [6.45, 7) is 4.19. The van der Waals surface area contributed by atoms with E-state index in [-0.39, 0.29) is 10.5 Å². The maximum Gasteiger partial charge on any atom is 0.0845 e. The Balaban J connectivity index is 2.76. The van der Waals surface area contributed by atoms with E-state index in [9.17, 15) is 10.2 Å². The Morgan fingerprint density at radius 1 is 0.846 bits per heavy atom. The molecular weight excluding hydrogens is 407 g/mol. The van der Waals surface area contributed by atoms with Gasteiger partial charge < -0.3 is 10.2 Å². The van der Waals surface area contributed by atoms with Gasteiger partial charge in [-0.2, -0.15) is 25.3 Å². The van der Waals surface area contributed by atoms with E-state index in [1.165, 1.54) is 0 Å². The van der Waals surface area contributed by atoms with Crippen LogP contribution in [0.1, 0.15) is 74.3 Å². The zero-order chi connectivity index (χ0) is 19.7. The van der Waals surface area contributed by atoms with Crippen LogP contribution in [0.2, 0.25) is 0 Å². The van der Waals surface area contributed by atoms with Gasteiger partial charge in [0.2, 0.25) is 0 Å². The van der Waals surface area contributed by atoms with Gasteiger partial charge >= 0.3 is 0 Å². The second kappa shape index (κ2) is 12.8. The molecule has 2 nitrogen and oxygen atoms in total. The van der Waals surface area contributed by atoms with Crippen molar-refractivity contribution < 1.29 is 10.2 Å². The van der Waals surface area contributed by atoms with E-state index >= 15 is 0 Å². The van der Waals surface area contributed by atoms with Crippen molar-refractivity contribution in [1.82, 2.24) is 0 Å². The molecule has 2 N–H and O–H groups in total. The smallest absolute Gasteiger partial charge is 0.0845 e. The van der Waals surface area contributed by atoms with Gasteiger partial charge in [0.15, 0.2) is 0 Å². The molecule has 0 saturated heterocycles. The second-order valence-electron chi connectivity index (χ2n) is 6.96. The van der Waals surface area contributed by atoms with E-state index in [4.69, 9.17) is 23.2 Å². The molecule has 0 aliphatic rings. The fourth-order valence-corrected chi connectivity index (χ4v) is 4.47. The average Bonchev–Trinajstić information content (AvgIpc) is 2.60. The predicted molar refractivity (Wildman–Crippen MR) is 120 cm³/mol. The standard InChI is InChI=1S/C20H32Cl2O2S2/c1-3-6-15(25)11-17(23)19(21)13-8-5-9-14(10-13)20(22)18(24)12-16(26)7-4-2/h5,8-10,15-20,23-26H,3-4,6-7,11-12H2,1-2H3. The second-order valence-corrected chi connectivity index (χ2v) is 9.37. The number of hydrogen-bond donors (Lipinski definition) is 4. The van der Waals surface area contributed by atoms with Crippen LogP contribution in [0.3, 0.4) is 0 Å². The van der Waals surface area contributed by atoms with Crippen LogP contribution in [0.5, 0.6) is 0 Å². The fraction of sp³-hybridized carbons (Fsp3) is 0.700. The molecule has 6 heteroatoms. The van der Waals surface area contributed by atoms with Gasteiger partial charge in [-0.15, -0.1) is 23.2 Å². The third kappa shape index (κ3) is 8.20. The number of aliphatic hydroxyl groups is 2. The third-order valence-corrected chi connectivity index (χ3v) is 6.52. The van der Waals surface area contributed by atoms with Crippen LogP contribution in [0.15, 0.2) is 24.3 Å². The summed E-state index contributed by atoms with van der Waals surface area (Å²) in [6.07, 6.45) is 3.68. The Bertz CT molecular complexity index is 477. The molecule has 0 radical (unpaired) electrons. The van der Waals surface area contributed by atoms with Crippen molar-refractivity contribution in [3.8, 4) is 0 Å². The summed E-state index contributed by atoms with van der Waals surface area (Å²) < 4.78 is 0. The average molecular weight is 440 g/mol. The van der Waals surface area contributed by atoms with Crippen molar-refractivity contribution >= 4 is 48.5 Å². The molecule has 1 aromatic carbocycles. The largest absolute Gasteiger partial charge is 0.391 e. The van der Waals surface area contributed by atoms with Crippen LogP contribution in [-0.4, -0.2) is 32.9 Å². The summed E-state index contributed by atoms with van der Waals surface area (Å²) >= 11 is 22.0. The molecule has 0 aliphatic carbocycles. The van der Waals surface area contributed by atoms with Crippen molar-refractivity contribution in [3.63, 3.8) is 0 Å². The van der Waals surface area contributed by atoms with Gasteiger partial charge in [-0.1, -0.05) is 51.0 Å². The molecule has 6 atom stereocenters. The van der Waals surface area contributed by atoms with Crippen molar-refractivity contribution in [2.75, 3.05) is 0 Å². The minimum atomic E-state index is -0.675. The quantitative estimate of drug-likeness (QED) is 0.240. The highest BCUT2D eigenvalue weighted by Gasteiger charge is 2.24. The van der Waals surface area contributed by atoms with Crippen LogP contribution in [-0.2, 0) is 0 Å². The number of rotatable bonds is 12. The van der Waals surface area contributed by atoms with E-state index in [2.05, 4.69) is 39.1 Å². The summed E-state index contributed by atoms with van der Waals surface area (Å²) in [5.41, 5.74) is 1.62. The maximum atomic E-state index is 10.4. The fourth-order valence-electron chi connectivity index (χ4n) is 3.04. The Morgan fingerprint density at radius 2 is 1.23 bits per heavy atom. The van der Waals surface area contributed by atoms with Gasteiger partial charge in [-0.3, -0.25) is 0 Å². The van der Waals surface area contributed by atoms with Crippen molar-refractivity contribution in [2.45, 2.75) is 85.8 Å². The van der Waals surface area contributed by atoms with E-state index in [1.54, 1.807) is 0 Å². The molecule has 0 fully saturated rings. The number of aliphatic hydroxyl groups excluding tert-OH is 2. The van der Waals surface area contributed by atoms with Gasteiger partial charge in [-0.05, 0) is 36.8 Å². The van der Waals surface area contributed by atoms with Gasteiger partial charge in [0.05, 0.1) is 23.0 Å². The Labute approximate surface area is 179 Å². The molecule has 0 heterocycles. The van der Waals surface area contributed by atoms with Gasteiger partial charge in [0.25, 0.3) is 0 Å². The molecule has 0 bridgehead atoms. The van der Waals surface area contributed by atoms with Crippen LogP contribution in [0, 0.1) is 0 Å². The van der Waals surface area contributed by atoms with E-state index in [0.717, 1.165) is 36.8 Å². The number of thiol groups is 2. The van der Waals surface area contributed by atoms with E-state index in [1.807, 2.05) is 24.3 Å². The first-order chi connectivity index (χ1) is 12.3. The SMILES string of the molecule is CCCC(S)CC(O)C(Cl)c1cccc(C(Cl)C(O)CC(S)CCC)c1. The zero-order valence-corrected chi connectivity index (χ0v) is 18.9. The molecule has 1 aromatic rings. The lowest BCUT2D eigenvalue weighted by molar-refractivity contribution is 0.156. The highest BCUT2D eigenvalue weighted by Crippen LogP contribution is 2.33. The van der Waals surface area contributed by atoms with E-state index < -0.39 is 23.0 Å². The van der Waals surface area contributed by atoms with E-state index in [0.29, 0.717) is 12.8 Å². The molecule has 1 rings (SSSR count). The first-order valence-corrected chi connectivity index (χ1v) is 11.3. The summed E-state index contributed by atoms with van der Waals surface area (Å²) in [5, 5.41) is 20.0. The van der Waals surface area contributed by atoms with Gasteiger partial charge in [0.1, 0.15) is 0 Å². The lowest BCUT2D eigenvalue weighted by atomic mass is 9.97.